The van der Waals surface area contributed by atoms with Gasteiger partial charge in [0.25, 0.3) is 0 Å². The molecule has 1 aromatic rings. The van der Waals surface area contributed by atoms with Gasteiger partial charge < -0.3 is 10.4 Å². The lowest BCUT2D eigenvalue weighted by atomic mass is 9.94. The smallest absolute Gasteiger partial charge is 0.0594 e. The number of benzene rings is 1. The third-order valence-electron chi connectivity index (χ3n) is 3.54. The highest BCUT2D eigenvalue weighted by Crippen LogP contribution is 2.23. The van der Waals surface area contributed by atoms with Gasteiger partial charge in [0.15, 0.2) is 0 Å². The van der Waals surface area contributed by atoms with Crippen LogP contribution >= 0.6 is 0 Å². The van der Waals surface area contributed by atoms with Crippen molar-refractivity contribution in [1.82, 2.24) is 5.32 Å². The summed E-state index contributed by atoms with van der Waals surface area (Å²) < 4.78 is 0. The van der Waals surface area contributed by atoms with Crippen LogP contribution in [0.3, 0.4) is 0 Å². The summed E-state index contributed by atoms with van der Waals surface area (Å²) in [7, 11) is 0. The predicted molar refractivity (Wildman–Crippen MR) is 71.3 cm³/mol. The molecule has 0 radical (unpaired) electrons. The van der Waals surface area contributed by atoms with Gasteiger partial charge in [0.1, 0.15) is 0 Å². The van der Waals surface area contributed by atoms with Crippen molar-refractivity contribution in [2.75, 3.05) is 13.1 Å². The Labute approximate surface area is 104 Å². The molecule has 0 aromatic heterocycles. The van der Waals surface area contributed by atoms with Crippen molar-refractivity contribution >= 4 is 0 Å². The van der Waals surface area contributed by atoms with Crippen molar-refractivity contribution in [3.63, 3.8) is 0 Å². The van der Waals surface area contributed by atoms with E-state index >= 15 is 0 Å². The zero-order chi connectivity index (χ0) is 12.3. The molecule has 1 aliphatic rings. The van der Waals surface area contributed by atoms with Gasteiger partial charge in [-0.3, -0.25) is 0 Å². The van der Waals surface area contributed by atoms with Gasteiger partial charge >= 0.3 is 0 Å². The molecule has 0 aliphatic carbocycles. The topological polar surface area (TPSA) is 32.3 Å². The first-order valence-electron chi connectivity index (χ1n) is 6.56. The average molecular weight is 233 g/mol. The van der Waals surface area contributed by atoms with Crippen LogP contribution in [0.5, 0.6) is 0 Å². The van der Waals surface area contributed by atoms with Crippen LogP contribution in [0.15, 0.2) is 24.3 Å². The predicted octanol–water partition coefficient (Wildman–Crippen LogP) is 2.47. The van der Waals surface area contributed by atoms with Crippen LogP contribution in [0.2, 0.25) is 0 Å². The van der Waals surface area contributed by atoms with Crippen molar-refractivity contribution < 1.29 is 5.11 Å². The molecular weight excluding hydrogens is 210 g/mol. The summed E-state index contributed by atoms with van der Waals surface area (Å²) in [6.45, 7) is 5.99. The van der Waals surface area contributed by atoms with Gasteiger partial charge in [0.05, 0.1) is 5.60 Å². The summed E-state index contributed by atoms with van der Waals surface area (Å²) >= 11 is 0. The lowest BCUT2D eigenvalue weighted by Crippen LogP contribution is -2.19. The normalized spacial score (nSPS) is 20.8. The number of nitrogens with one attached hydrogen (secondary N) is 1. The molecule has 1 fully saturated rings. The van der Waals surface area contributed by atoms with Crippen LogP contribution in [0.25, 0.3) is 0 Å². The molecule has 94 valence electrons. The Balaban J connectivity index is 1.93. The van der Waals surface area contributed by atoms with E-state index in [1.165, 1.54) is 17.5 Å². The molecule has 2 heteroatoms. The van der Waals surface area contributed by atoms with Crippen LogP contribution in [-0.4, -0.2) is 23.8 Å². The first-order valence-corrected chi connectivity index (χ1v) is 6.56. The maximum absolute atomic E-state index is 9.70. The Bertz CT molecular complexity index is 344. The van der Waals surface area contributed by atoms with Gasteiger partial charge in [0.2, 0.25) is 0 Å². The van der Waals surface area contributed by atoms with Crippen molar-refractivity contribution in [1.29, 1.82) is 0 Å². The van der Waals surface area contributed by atoms with Crippen molar-refractivity contribution in [2.24, 2.45) is 0 Å². The third-order valence-corrected chi connectivity index (χ3v) is 3.54. The van der Waals surface area contributed by atoms with Crippen LogP contribution in [0, 0.1) is 0 Å². The summed E-state index contributed by atoms with van der Waals surface area (Å²) in [4.78, 5) is 0. The molecule has 2 N–H and O–H groups in total. The maximum Gasteiger partial charge on any atom is 0.0594 e. The number of hydrogen-bond donors (Lipinski definition) is 2. The Hall–Kier alpha value is -0.860. The van der Waals surface area contributed by atoms with E-state index in [1.54, 1.807) is 0 Å². The van der Waals surface area contributed by atoms with E-state index in [0.717, 1.165) is 25.9 Å². The molecule has 1 aliphatic heterocycles. The largest absolute Gasteiger partial charge is 0.390 e. The number of hydrogen-bond acceptors (Lipinski definition) is 2. The van der Waals surface area contributed by atoms with E-state index in [1.807, 2.05) is 13.8 Å². The fraction of sp³-hybridized carbons (Fsp3) is 0.600. The molecule has 2 rings (SSSR count). The summed E-state index contributed by atoms with van der Waals surface area (Å²) in [5.41, 5.74) is 2.21. The first-order chi connectivity index (χ1) is 8.04. The molecule has 0 bridgehead atoms. The van der Waals surface area contributed by atoms with E-state index in [2.05, 4.69) is 29.6 Å². The summed E-state index contributed by atoms with van der Waals surface area (Å²) in [6.07, 6.45) is 3.02. The van der Waals surface area contributed by atoms with E-state index in [4.69, 9.17) is 0 Å². The second-order valence-corrected chi connectivity index (χ2v) is 5.74. The van der Waals surface area contributed by atoms with E-state index in [0.29, 0.717) is 5.92 Å². The Kier molecular flexibility index (Phi) is 3.85. The summed E-state index contributed by atoms with van der Waals surface area (Å²) in [6, 6.07) is 8.91. The lowest BCUT2D eigenvalue weighted by Gasteiger charge is -2.17. The fourth-order valence-electron chi connectivity index (χ4n) is 2.35. The quantitative estimate of drug-likeness (QED) is 0.837. The van der Waals surface area contributed by atoms with E-state index in [-0.39, 0.29) is 0 Å². The van der Waals surface area contributed by atoms with E-state index < -0.39 is 5.60 Å². The Morgan fingerprint density at radius 2 is 2.00 bits per heavy atom. The van der Waals surface area contributed by atoms with Gasteiger partial charge in [-0.05, 0) is 56.7 Å². The highest BCUT2D eigenvalue weighted by atomic mass is 16.3. The molecular formula is C15H23NO. The number of rotatable bonds is 4. The first kappa shape index (κ1) is 12.6. The minimum atomic E-state index is -0.561. The molecule has 1 atom stereocenters. The second-order valence-electron chi connectivity index (χ2n) is 5.74. The lowest BCUT2D eigenvalue weighted by molar-refractivity contribution is 0.0714. The average Bonchev–Trinajstić information content (AvgIpc) is 2.79. The Morgan fingerprint density at radius 3 is 2.53 bits per heavy atom. The zero-order valence-electron chi connectivity index (χ0n) is 10.9. The van der Waals surface area contributed by atoms with Gasteiger partial charge in [0, 0.05) is 6.54 Å². The van der Waals surface area contributed by atoms with Crippen LogP contribution in [0.4, 0.5) is 0 Å². The highest BCUT2D eigenvalue weighted by molar-refractivity contribution is 5.26. The molecule has 1 aromatic carbocycles. The fourth-order valence-corrected chi connectivity index (χ4v) is 2.35. The Morgan fingerprint density at radius 1 is 1.29 bits per heavy atom. The van der Waals surface area contributed by atoms with Gasteiger partial charge in [-0.1, -0.05) is 24.3 Å². The molecule has 1 unspecified atom stereocenters. The maximum atomic E-state index is 9.70. The second kappa shape index (κ2) is 5.19. The number of aliphatic hydroxyl groups is 1. The van der Waals surface area contributed by atoms with Crippen LogP contribution < -0.4 is 5.32 Å². The minimum Gasteiger partial charge on any atom is -0.390 e. The van der Waals surface area contributed by atoms with Gasteiger partial charge in [-0.25, -0.2) is 0 Å². The monoisotopic (exact) mass is 233 g/mol. The third kappa shape index (κ3) is 3.83. The summed E-state index contributed by atoms with van der Waals surface area (Å²) in [5.74, 6) is 0.693. The molecule has 1 heterocycles. The molecule has 1 saturated heterocycles. The number of aryl methyl sites for hydroxylation is 1. The zero-order valence-corrected chi connectivity index (χ0v) is 10.9. The SMILES string of the molecule is CC(C)(O)CCc1ccc(C2CCNC2)cc1. The highest BCUT2D eigenvalue weighted by Gasteiger charge is 2.16. The molecule has 0 amide bonds. The van der Waals surface area contributed by atoms with Crippen molar-refractivity contribution in [3.8, 4) is 0 Å². The molecule has 0 saturated carbocycles. The van der Waals surface area contributed by atoms with E-state index in [9.17, 15) is 5.11 Å². The van der Waals surface area contributed by atoms with Crippen molar-refractivity contribution in [3.05, 3.63) is 35.4 Å². The minimum absolute atomic E-state index is 0.561. The summed E-state index contributed by atoms with van der Waals surface area (Å²) in [5, 5.41) is 13.1. The van der Waals surface area contributed by atoms with Crippen molar-refractivity contribution in [2.45, 2.75) is 44.6 Å². The van der Waals surface area contributed by atoms with Gasteiger partial charge in [-0.2, -0.15) is 0 Å². The standard InChI is InChI=1S/C15H23NO/c1-15(2,17)9-7-12-3-5-13(6-4-12)14-8-10-16-11-14/h3-6,14,16-17H,7-11H2,1-2H3. The molecule has 0 spiro atoms. The van der Waals surface area contributed by atoms with Gasteiger partial charge in [-0.15, -0.1) is 0 Å². The molecule has 2 nitrogen and oxygen atoms in total. The van der Waals surface area contributed by atoms with Crippen LogP contribution in [0.1, 0.15) is 43.7 Å². The molecule has 17 heavy (non-hydrogen) atoms. The van der Waals surface area contributed by atoms with Crippen LogP contribution in [-0.2, 0) is 6.42 Å².